The Morgan fingerprint density at radius 2 is 1.82 bits per heavy atom. The number of nitrogens with zero attached hydrogens (tertiary/aromatic N) is 3. The number of pyridine rings is 1. The summed E-state index contributed by atoms with van der Waals surface area (Å²) in [7, 11) is -0.837. The van der Waals surface area contributed by atoms with E-state index in [9.17, 15) is 23.1 Å². The number of aliphatic hydroxyl groups is 1. The lowest BCUT2D eigenvalue weighted by atomic mass is 9.99. The van der Waals surface area contributed by atoms with E-state index >= 15 is 0 Å². The van der Waals surface area contributed by atoms with E-state index in [2.05, 4.69) is 4.98 Å². The third-order valence-electron chi connectivity index (χ3n) is 5.55. The van der Waals surface area contributed by atoms with Crippen LogP contribution in [0.3, 0.4) is 0 Å². The smallest absolute Gasteiger partial charge is 0.296 e. The second-order valence-electron chi connectivity index (χ2n) is 8.05. The second-order valence-corrected chi connectivity index (χ2v) is 10.2. The molecule has 1 aliphatic rings. The van der Waals surface area contributed by atoms with Crippen LogP contribution in [0.5, 0.6) is 0 Å². The highest BCUT2D eigenvalue weighted by Crippen LogP contribution is 2.40. The molecule has 4 rings (SSSR count). The summed E-state index contributed by atoms with van der Waals surface area (Å²) in [6.07, 6.45) is 3.19. The first-order chi connectivity index (χ1) is 16.1. The van der Waals surface area contributed by atoms with Crippen molar-refractivity contribution < 1.29 is 27.5 Å². The molecule has 34 heavy (non-hydrogen) atoms. The van der Waals surface area contributed by atoms with Crippen molar-refractivity contribution in [1.82, 2.24) is 14.2 Å². The third kappa shape index (κ3) is 4.13. The lowest BCUT2D eigenvalue weighted by Crippen LogP contribution is -2.29. The maximum atomic E-state index is 13.1. The van der Waals surface area contributed by atoms with E-state index < -0.39 is 33.5 Å². The molecule has 1 aromatic carbocycles. The van der Waals surface area contributed by atoms with E-state index in [1.165, 1.54) is 43.3 Å². The van der Waals surface area contributed by atoms with Gasteiger partial charge in [-0.15, -0.1) is 0 Å². The molecular formula is C24H23N3O6S. The summed E-state index contributed by atoms with van der Waals surface area (Å²) in [4.78, 5) is 31.5. The average molecular weight is 482 g/mol. The number of aromatic nitrogens is 1. The van der Waals surface area contributed by atoms with Gasteiger partial charge in [0.2, 0.25) is 10.0 Å². The lowest BCUT2D eigenvalue weighted by molar-refractivity contribution is -0.140. The summed E-state index contributed by atoms with van der Waals surface area (Å²) >= 11 is 0. The Morgan fingerprint density at radius 3 is 2.38 bits per heavy atom. The Bertz CT molecular complexity index is 1380. The zero-order chi connectivity index (χ0) is 24.6. The summed E-state index contributed by atoms with van der Waals surface area (Å²) in [5.74, 6) is -1.14. The molecule has 1 saturated heterocycles. The van der Waals surface area contributed by atoms with Crippen LogP contribution in [0.15, 0.2) is 75.8 Å². The summed E-state index contributed by atoms with van der Waals surface area (Å²) in [5, 5.41) is 11.1. The summed E-state index contributed by atoms with van der Waals surface area (Å²) < 4.78 is 31.5. The Hall–Kier alpha value is -3.76. The van der Waals surface area contributed by atoms with Crippen LogP contribution in [0.1, 0.15) is 28.7 Å². The van der Waals surface area contributed by atoms with Crippen LogP contribution in [0.4, 0.5) is 0 Å². The van der Waals surface area contributed by atoms with Crippen molar-refractivity contribution in [2.75, 3.05) is 14.1 Å². The Morgan fingerprint density at radius 1 is 1.12 bits per heavy atom. The topological polar surface area (TPSA) is 121 Å². The van der Waals surface area contributed by atoms with Gasteiger partial charge in [-0.25, -0.2) is 12.7 Å². The predicted octanol–water partition coefficient (Wildman–Crippen LogP) is 2.86. The van der Waals surface area contributed by atoms with Gasteiger partial charge in [0.1, 0.15) is 23.3 Å². The fourth-order valence-corrected chi connectivity index (χ4v) is 4.68. The largest absolute Gasteiger partial charge is 0.507 e. The van der Waals surface area contributed by atoms with Gasteiger partial charge < -0.3 is 14.4 Å². The number of hydrogen-bond donors (Lipinski definition) is 1. The molecular weight excluding hydrogens is 458 g/mol. The number of furan rings is 1. The number of aryl methyl sites for hydroxylation is 1. The number of likely N-dealkylation sites (tertiary alicyclic amines) is 1. The van der Waals surface area contributed by atoms with Gasteiger partial charge in [0.25, 0.3) is 11.7 Å². The van der Waals surface area contributed by atoms with Gasteiger partial charge in [0.05, 0.1) is 10.5 Å². The highest BCUT2D eigenvalue weighted by Gasteiger charge is 2.47. The van der Waals surface area contributed by atoms with Gasteiger partial charge >= 0.3 is 0 Å². The van der Waals surface area contributed by atoms with E-state index in [-0.39, 0.29) is 22.6 Å². The monoisotopic (exact) mass is 481 g/mol. The first-order valence-electron chi connectivity index (χ1n) is 10.4. The molecule has 0 aliphatic carbocycles. The molecule has 0 bridgehead atoms. The molecule has 2 aromatic heterocycles. The predicted molar refractivity (Wildman–Crippen MR) is 123 cm³/mol. The highest BCUT2D eigenvalue weighted by atomic mass is 32.2. The van der Waals surface area contributed by atoms with Crippen LogP contribution in [-0.4, -0.2) is 53.5 Å². The SMILES string of the molecule is Cc1ccc(C2C(=C(O)c3ccc(S(=O)(=O)N(C)C)cc3)C(=O)C(=O)N2Cc2cccnc2)o1. The minimum atomic E-state index is -3.67. The van der Waals surface area contributed by atoms with Crippen molar-refractivity contribution in [3.05, 3.63) is 89.1 Å². The molecule has 3 heterocycles. The Balaban J connectivity index is 1.81. The number of amides is 1. The molecule has 1 fully saturated rings. The van der Waals surface area contributed by atoms with Crippen molar-refractivity contribution in [1.29, 1.82) is 0 Å². The van der Waals surface area contributed by atoms with Gasteiger partial charge in [-0.1, -0.05) is 6.07 Å². The minimum Gasteiger partial charge on any atom is -0.507 e. The standard InChI is InChI=1S/C24H23N3O6S/c1-15-6-11-19(33-15)21-20(23(29)24(30)27(21)14-16-5-4-12-25-13-16)22(28)17-7-9-18(10-8-17)34(31,32)26(2)3/h4-13,21,28H,14H2,1-3H3. The number of aliphatic hydroxyl groups excluding tert-OH is 1. The van der Waals surface area contributed by atoms with E-state index in [0.717, 1.165) is 4.31 Å². The van der Waals surface area contributed by atoms with Crippen molar-refractivity contribution in [3.63, 3.8) is 0 Å². The molecule has 1 unspecified atom stereocenters. The molecule has 0 spiro atoms. The van der Waals surface area contributed by atoms with Crippen LogP contribution >= 0.6 is 0 Å². The van der Waals surface area contributed by atoms with Crippen LogP contribution in [0, 0.1) is 6.92 Å². The number of carbonyl (C=O) groups is 2. The number of carbonyl (C=O) groups excluding carboxylic acids is 2. The molecule has 1 amide bonds. The van der Waals surface area contributed by atoms with E-state index in [1.807, 2.05) is 0 Å². The molecule has 0 saturated carbocycles. The van der Waals surface area contributed by atoms with Crippen LogP contribution in [0.2, 0.25) is 0 Å². The van der Waals surface area contributed by atoms with Crippen LogP contribution in [-0.2, 0) is 26.2 Å². The van der Waals surface area contributed by atoms with Crippen LogP contribution < -0.4 is 0 Å². The maximum Gasteiger partial charge on any atom is 0.296 e. The summed E-state index contributed by atoms with van der Waals surface area (Å²) in [6.45, 7) is 1.82. The molecule has 1 aliphatic heterocycles. The normalized spacial score (nSPS) is 18.1. The molecule has 176 valence electrons. The molecule has 1 atom stereocenters. The first-order valence-corrected chi connectivity index (χ1v) is 11.8. The van der Waals surface area contributed by atoms with Crippen molar-refractivity contribution >= 4 is 27.5 Å². The average Bonchev–Trinajstić information content (AvgIpc) is 3.35. The lowest BCUT2D eigenvalue weighted by Gasteiger charge is -2.23. The third-order valence-corrected chi connectivity index (χ3v) is 7.38. The first kappa shape index (κ1) is 23.4. The van der Waals surface area contributed by atoms with Gasteiger partial charge in [-0.2, -0.15) is 0 Å². The fourth-order valence-electron chi connectivity index (χ4n) is 3.78. The van der Waals surface area contributed by atoms with Gasteiger partial charge in [0.15, 0.2) is 0 Å². The minimum absolute atomic E-state index is 0.0317. The van der Waals surface area contributed by atoms with Gasteiger partial charge in [0, 0.05) is 38.6 Å². The van der Waals surface area contributed by atoms with Gasteiger partial charge in [-0.3, -0.25) is 14.6 Å². The Labute approximate surface area is 197 Å². The molecule has 9 nitrogen and oxygen atoms in total. The van der Waals surface area contributed by atoms with E-state index in [4.69, 9.17) is 4.42 Å². The highest BCUT2D eigenvalue weighted by molar-refractivity contribution is 7.89. The van der Waals surface area contributed by atoms with Gasteiger partial charge in [-0.05, 0) is 55.0 Å². The molecule has 0 radical (unpaired) electrons. The summed E-state index contributed by atoms with van der Waals surface area (Å²) in [6, 6.07) is 11.4. The van der Waals surface area contributed by atoms with Crippen molar-refractivity contribution in [3.8, 4) is 0 Å². The fraction of sp³-hybridized carbons (Fsp3) is 0.208. The van der Waals surface area contributed by atoms with E-state index in [1.54, 1.807) is 43.6 Å². The number of rotatable bonds is 6. The van der Waals surface area contributed by atoms with Crippen LogP contribution in [0.25, 0.3) is 5.76 Å². The zero-order valence-electron chi connectivity index (χ0n) is 18.8. The quantitative estimate of drug-likeness (QED) is 0.326. The van der Waals surface area contributed by atoms with Crippen molar-refractivity contribution in [2.24, 2.45) is 0 Å². The zero-order valence-corrected chi connectivity index (χ0v) is 19.6. The molecule has 10 heteroatoms. The number of hydrogen-bond acceptors (Lipinski definition) is 7. The maximum absolute atomic E-state index is 13.1. The van der Waals surface area contributed by atoms with Crippen molar-refractivity contribution in [2.45, 2.75) is 24.4 Å². The number of Topliss-reactive ketones (excluding diaryl/α,β-unsaturated/α-hetero) is 1. The molecule has 3 aromatic rings. The summed E-state index contributed by atoms with van der Waals surface area (Å²) in [5.41, 5.74) is 0.771. The molecule has 1 N–H and O–H groups in total. The second kappa shape index (κ2) is 8.88. The number of sulfonamides is 1. The number of benzene rings is 1. The van der Waals surface area contributed by atoms with E-state index in [0.29, 0.717) is 17.1 Å². The number of ketones is 1. The Kier molecular flexibility index (Phi) is 6.11.